The lowest BCUT2D eigenvalue weighted by atomic mass is 10.0. The highest BCUT2D eigenvalue weighted by Gasteiger charge is 2.23. The highest BCUT2D eigenvalue weighted by atomic mass is 35.5. The van der Waals surface area contributed by atoms with Crippen LogP contribution in [0.4, 0.5) is 5.82 Å². The molecule has 30 heavy (non-hydrogen) atoms. The molecule has 3 aromatic rings. The molecule has 1 heterocycles. The minimum absolute atomic E-state index is 0.591. The van der Waals surface area contributed by atoms with Gasteiger partial charge in [0.1, 0.15) is 5.75 Å². The number of benzene rings is 2. The topological polar surface area (TPSA) is 34.5 Å². The predicted octanol–water partition coefficient (Wildman–Crippen LogP) is 7.67. The van der Waals surface area contributed by atoms with E-state index in [2.05, 4.69) is 42.8 Å². The number of nitrogens with zero attached hydrogens (tertiary/aromatic N) is 2. The molecule has 0 aliphatic heterocycles. The number of rotatable bonds is 6. The Morgan fingerprint density at radius 1 is 1.10 bits per heavy atom. The molecule has 3 nitrogen and oxygen atoms in total. The molecule has 0 unspecified atom stereocenters. The van der Waals surface area contributed by atoms with Crippen LogP contribution < -0.4 is 4.74 Å². The zero-order valence-electron chi connectivity index (χ0n) is 17.6. The molecule has 4 rings (SSSR count). The number of ether oxygens (including phenoxy) is 1. The van der Waals surface area contributed by atoms with Crippen molar-refractivity contribution in [1.82, 2.24) is 4.98 Å². The molecule has 1 aliphatic rings. The number of aryl methyl sites for hydroxylation is 2. The average Bonchev–Trinajstić information content (AvgIpc) is 3.56. The fraction of sp³-hybridized carbons (Fsp3) is 0.231. The molecule has 1 aromatic heterocycles. The number of halogens is 1. The molecule has 4 heteroatoms. The summed E-state index contributed by atoms with van der Waals surface area (Å²) >= 11 is 6.49. The number of aromatic nitrogens is 1. The normalized spacial score (nSPS) is 13.6. The first kappa shape index (κ1) is 20.4. The van der Waals surface area contributed by atoms with Gasteiger partial charge in [-0.3, -0.25) is 0 Å². The highest BCUT2D eigenvalue weighted by Crippen LogP contribution is 2.41. The predicted molar refractivity (Wildman–Crippen MR) is 126 cm³/mol. The third kappa shape index (κ3) is 4.47. The standard InChI is InChI=1S/C26H25ClN2O/c1-16(2)23-14-22(12-5-17(23)3)30-15-28-26-18(4)13-24(27)25(29-26)21-10-8-20(9-11-21)19-6-7-19/h5,8-15,19H,1,6-7H2,2-4H3/b28-15+. The average molecular weight is 417 g/mol. The van der Waals surface area contributed by atoms with Gasteiger partial charge in [0.25, 0.3) is 0 Å². The smallest absolute Gasteiger partial charge is 0.183 e. The molecule has 0 N–H and O–H groups in total. The molecule has 1 saturated carbocycles. The summed E-state index contributed by atoms with van der Waals surface area (Å²) in [6, 6.07) is 16.3. The fourth-order valence-corrected chi connectivity index (χ4v) is 3.82. The molecule has 0 spiro atoms. The lowest BCUT2D eigenvalue weighted by Gasteiger charge is -2.09. The van der Waals surface area contributed by atoms with Crippen molar-refractivity contribution < 1.29 is 4.74 Å². The van der Waals surface area contributed by atoms with Crippen LogP contribution in [-0.4, -0.2) is 11.4 Å². The van der Waals surface area contributed by atoms with Gasteiger partial charge in [-0.2, -0.15) is 0 Å². The van der Waals surface area contributed by atoms with E-state index >= 15 is 0 Å². The molecule has 1 aliphatic carbocycles. The summed E-state index contributed by atoms with van der Waals surface area (Å²) in [6.07, 6.45) is 4.00. The van der Waals surface area contributed by atoms with E-state index in [4.69, 9.17) is 21.3 Å². The summed E-state index contributed by atoms with van der Waals surface area (Å²) < 4.78 is 5.73. The Kier molecular flexibility index (Phi) is 5.74. The molecule has 152 valence electrons. The van der Waals surface area contributed by atoms with E-state index in [0.29, 0.717) is 16.6 Å². The van der Waals surface area contributed by atoms with Gasteiger partial charge in [-0.05, 0) is 80.0 Å². The Bertz CT molecular complexity index is 1130. The zero-order chi connectivity index (χ0) is 21.3. The van der Waals surface area contributed by atoms with E-state index in [0.717, 1.165) is 33.9 Å². The largest absolute Gasteiger partial charge is 0.446 e. The number of allylic oxidation sites excluding steroid dienone is 1. The molecular weight excluding hydrogens is 392 g/mol. The van der Waals surface area contributed by atoms with Gasteiger partial charge in [0.2, 0.25) is 0 Å². The second-order valence-electron chi connectivity index (χ2n) is 7.97. The van der Waals surface area contributed by atoms with Crippen LogP contribution in [0.15, 0.2) is 60.1 Å². The van der Waals surface area contributed by atoms with Crippen molar-refractivity contribution >= 4 is 29.4 Å². The Morgan fingerprint density at radius 3 is 2.50 bits per heavy atom. The molecular formula is C26H25ClN2O. The molecule has 0 radical (unpaired) electrons. The van der Waals surface area contributed by atoms with Gasteiger partial charge < -0.3 is 4.74 Å². The van der Waals surface area contributed by atoms with Crippen molar-refractivity contribution in [3.8, 4) is 17.0 Å². The maximum atomic E-state index is 6.49. The minimum Gasteiger partial charge on any atom is -0.446 e. The summed E-state index contributed by atoms with van der Waals surface area (Å²) in [5.74, 6) is 2.03. The Labute approximate surface area is 183 Å². The minimum atomic E-state index is 0.591. The number of aliphatic imine (C=N–C) groups is 1. The number of hydrogen-bond donors (Lipinski definition) is 0. The SMILES string of the molecule is C=C(C)c1cc(O/C=N/c2nc(-c3ccc(C4CC4)cc3)c(Cl)cc2C)ccc1C. The van der Waals surface area contributed by atoms with E-state index in [9.17, 15) is 0 Å². The molecule has 2 aromatic carbocycles. The number of pyridine rings is 1. The first-order valence-electron chi connectivity index (χ1n) is 10.2. The van der Waals surface area contributed by atoms with Gasteiger partial charge in [0, 0.05) is 5.56 Å². The van der Waals surface area contributed by atoms with Crippen LogP contribution in [0.3, 0.4) is 0 Å². The van der Waals surface area contributed by atoms with Crippen LogP contribution in [0.1, 0.15) is 47.9 Å². The van der Waals surface area contributed by atoms with Crippen LogP contribution in [0.25, 0.3) is 16.8 Å². The second-order valence-corrected chi connectivity index (χ2v) is 8.37. The Hall–Kier alpha value is -2.91. The van der Waals surface area contributed by atoms with E-state index in [1.165, 1.54) is 30.4 Å². The maximum absolute atomic E-state index is 6.49. The Morgan fingerprint density at radius 2 is 1.83 bits per heavy atom. The fourth-order valence-electron chi connectivity index (χ4n) is 3.50. The Balaban J connectivity index is 1.56. The van der Waals surface area contributed by atoms with Crippen molar-refractivity contribution in [2.24, 2.45) is 4.99 Å². The van der Waals surface area contributed by atoms with Crippen molar-refractivity contribution in [2.45, 2.75) is 39.5 Å². The molecule has 0 atom stereocenters. The van der Waals surface area contributed by atoms with Crippen LogP contribution in [0.2, 0.25) is 5.02 Å². The van der Waals surface area contributed by atoms with Crippen LogP contribution in [0.5, 0.6) is 5.75 Å². The van der Waals surface area contributed by atoms with Crippen molar-refractivity contribution in [1.29, 1.82) is 0 Å². The van der Waals surface area contributed by atoms with Crippen LogP contribution in [0, 0.1) is 13.8 Å². The number of hydrogen-bond acceptors (Lipinski definition) is 3. The third-order valence-electron chi connectivity index (χ3n) is 5.41. The van der Waals surface area contributed by atoms with Gasteiger partial charge in [0.15, 0.2) is 12.2 Å². The molecule has 0 saturated heterocycles. The van der Waals surface area contributed by atoms with Crippen molar-refractivity contribution in [3.63, 3.8) is 0 Å². The van der Waals surface area contributed by atoms with Gasteiger partial charge >= 0.3 is 0 Å². The lowest BCUT2D eigenvalue weighted by Crippen LogP contribution is -1.94. The summed E-state index contributed by atoms with van der Waals surface area (Å²) in [7, 11) is 0. The monoisotopic (exact) mass is 416 g/mol. The zero-order valence-corrected chi connectivity index (χ0v) is 18.3. The van der Waals surface area contributed by atoms with Gasteiger partial charge in [-0.1, -0.05) is 54.1 Å². The summed E-state index contributed by atoms with van der Waals surface area (Å²) in [6.45, 7) is 10.0. The first-order chi connectivity index (χ1) is 14.4. The van der Waals surface area contributed by atoms with E-state index in [1.807, 2.05) is 38.1 Å². The van der Waals surface area contributed by atoms with E-state index in [1.54, 1.807) is 0 Å². The maximum Gasteiger partial charge on any atom is 0.183 e. The first-order valence-corrected chi connectivity index (χ1v) is 10.5. The van der Waals surface area contributed by atoms with Gasteiger partial charge in [-0.25, -0.2) is 9.98 Å². The molecule has 0 amide bonds. The van der Waals surface area contributed by atoms with Crippen LogP contribution >= 0.6 is 11.6 Å². The van der Waals surface area contributed by atoms with E-state index in [-0.39, 0.29) is 0 Å². The quantitative estimate of drug-likeness (QED) is 0.305. The second kappa shape index (κ2) is 8.45. The molecule has 1 fully saturated rings. The summed E-state index contributed by atoms with van der Waals surface area (Å²) in [5.41, 5.74) is 7.26. The summed E-state index contributed by atoms with van der Waals surface area (Å²) in [5, 5.41) is 0.621. The summed E-state index contributed by atoms with van der Waals surface area (Å²) in [4.78, 5) is 9.14. The van der Waals surface area contributed by atoms with Crippen LogP contribution in [-0.2, 0) is 0 Å². The van der Waals surface area contributed by atoms with Gasteiger partial charge in [-0.15, -0.1) is 0 Å². The van der Waals surface area contributed by atoms with Gasteiger partial charge in [0.05, 0.1) is 10.7 Å². The third-order valence-corrected chi connectivity index (χ3v) is 5.69. The van der Waals surface area contributed by atoms with Crippen molar-refractivity contribution in [3.05, 3.63) is 82.4 Å². The molecule has 0 bridgehead atoms. The van der Waals surface area contributed by atoms with Crippen molar-refractivity contribution in [2.75, 3.05) is 0 Å². The lowest BCUT2D eigenvalue weighted by molar-refractivity contribution is 0.573. The van der Waals surface area contributed by atoms with E-state index < -0.39 is 0 Å². The highest BCUT2D eigenvalue weighted by molar-refractivity contribution is 6.33.